The predicted octanol–water partition coefficient (Wildman–Crippen LogP) is 2.60. The minimum atomic E-state index is -4.15. The second-order valence-electron chi connectivity index (χ2n) is 3.01. The lowest BCUT2D eigenvalue weighted by Crippen LogP contribution is -2.23. The third kappa shape index (κ3) is 3.91. The van der Waals surface area contributed by atoms with Gasteiger partial charge in [-0.15, -0.1) is 0 Å². The highest BCUT2D eigenvalue weighted by Crippen LogP contribution is 2.23. The van der Waals surface area contributed by atoms with Gasteiger partial charge in [-0.05, 0) is 13.8 Å². The molecule has 0 saturated heterocycles. The first-order valence-electron chi connectivity index (χ1n) is 4.00. The van der Waals surface area contributed by atoms with E-state index in [2.05, 4.69) is 14.7 Å². The predicted molar refractivity (Wildman–Crippen MR) is 48.4 cm³/mol. The Bertz CT molecular complexity index is 297. The highest BCUT2D eigenvalue weighted by Gasteiger charge is 2.30. The van der Waals surface area contributed by atoms with E-state index in [1.165, 1.54) is 6.92 Å². The van der Waals surface area contributed by atoms with Crippen LogP contribution < -0.4 is 5.32 Å². The lowest BCUT2D eigenvalue weighted by Gasteiger charge is -2.14. The standard InChI is InChI=1S/C7H10F3N3S/c1-4(3-7(8,9)10)11-6-12-5(2)13-14-6/h4H,3H2,1-2H3,(H,11,12,13). The van der Waals surface area contributed by atoms with Gasteiger partial charge in [-0.1, -0.05) is 0 Å². The zero-order valence-electron chi connectivity index (χ0n) is 7.72. The zero-order valence-corrected chi connectivity index (χ0v) is 8.54. The molecule has 0 aromatic carbocycles. The van der Waals surface area contributed by atoms with E-state index in [4.69, 9.17) is 0 Å². The molecule has 0 aliphatic heterocycles. The molecular weight excluding hydrogens is 215 g/mol. The molecule has 1 unspecified atom stereocenters. The number of rotatable bonds is 3. The van der Waals surface area contributed by atoms with Crippen LogP contribution in [0.1, 0.15) is 19.2 Å². The van der Waals surface area contributed by atoms with Crippen molar-refractivity contribution in [2.45, 2.75) is 32.5 Å². The van der Waals surface area contributed by atoms with Crippen molar-refractivity contribution in [2.75, 3.05) is 5.32 Å². The number of hydrogen-bond acceptors (Lipinski definition) is 4. The molecular formula is C7H10F3N3S. The average Bonchev–Trinajstić information content (AvgIpc) is 2.30. The van der Waals surface area contributed by atoms with Crippen LogP contribution in [-0.4, -0.2) is 21.6 Å². The summed E-state index contributed by atoms with van der Waals surface area (Å²) >= 11 is 1.06. The van der Waals surface area contributed by atoms with E-state index in [1.807, 2.05) is 0 Å². The Hall–Kier alpha value is -0.850. The van der Waals surface area contributed by atoms with Crippen molar-refractivity contribution in [3.05, 3.63) is 5.82 Å². The molecule has 14 heavy (non-hydrogen) atoms. The minimum Gasteiger partial charge on any atom is -0.357 e. The van der Waals surface area contributed by atoms with Crippen LogP contribution in [0, 0.1) is 6.92 Å². The molecule has 1 aromatic heterocycles. The molecule has 0 radical (unpaired) electrons. The van der Waals surface area contributed by atoms with E-state index in [0.717, 1.165) is 11.5 Å². The van der Waals surface area contributed by atoms with Crippen LogP contribution in [0.3, 0.4) is 0 Å². The summed E-state index contributed by atoms with van der Waals surface area (Å²) in [6, 6.07) is -0.678. The molecule has 7 heteroatoms. The van der Waals surface area contributed by atoms with E-state index in [1.54, 1.807) is 6.92 Å². The van der Waals surface area contributed by atoms with Crippen molar-refractivity contribution in [1.29, 1.82) is 0 Å². The molecule has 0 saturated carbocycles. The second-order valence-corrected chi connectivity index (χ2v) is 3.76. The van der Waals surface area contributed by atoms with Gasteiger partial charge in [0.15, 0.2) is 0 Å². The fraction of sp³-hybridized carbons (Fsp3) is 0.714. The van der Waals surface area contributed by atoms with Gasteiger partial charge in [-0.2, -0.15) is 17.5 Å². The van der Waals surface area contributed by atoms with Crippen molar-refractivity contribution in [3.63, 3.8) is 0 Å². The van der Waals surface area contributed by atoms with Gasteiger partial charge in [0.25, 0.3) is 0 Å². The lowest BCUT2D eigenvalue weighted by molar-refractivity contribution is -0.136. The van der Waals surface area contributed by atoms with Crippen LogP contribution >= 0.6 is 11.5 Å². The maximum atomic E-state index is 11.9. The normalized spacial score (nSPS) is 14.1. The summed E-state index contributed by atoms with van der Waals surface area (Å²) < 4.78 is 39.7. The summed E-state index contributed by atoms with van der Waals surface area (Å²) in [6.07, 6.45) is -5.02. The number of alkyl halides is 3. The molecule has 0 aliphatic rings. The average molecular weight is 225 g/mol. The largest absolute Gasteiger partial charge is 0.391 e. The van der Waals surface area contributed by atoms with E-state index in [-0.39, 0.29) is 0 Å². The summed E-state index contributed by atoms with van der Waals surface area (Å²) in [5.74, 6) is 0.566. The highest BCUT2D eigenvalue weighted by molar-refractivity contribution is 7.09. The molecule has 80 valence electrons. The van der Waals surface area contributed by atoms with Crippen molar-refractivity contribution in [2.24, 2.45) is 0 Å². The molecule has 1 atom stereocenters. The molecule has 1 aromatic rings. The Morgan fingerprint density at radius 3 is 2.57 bits per heavy atom. The summed E-state index contributed by atoms with van der Waals surface area (Å²) in [5, 5.41) is 3.07. The number of anilines is 1. The van der Waals surface area contributed by atoms with Gasteiger partial charge in [0.05, 0.1) is 6.42 Å². The summed E-state index contributed by atoms with van der Waals surface area (Å²) in [5.41, 5.74) is 0. The molecule has 1 N–H and O–H groups in total. The molecule has 1 rings (SSSR count). The van der Waals surface area contributed by atoms with Crippen LogP contribution in [0.2, 0.25) is 0 Å². The molecule has 0 amide bonds. The van der Waals surface area contributed by atoms with Gasteiger partial charge < -0.3 is 5.32 Å². The Morgan fingerprint density at radius 1 is 1.50 bits per heavy atom. The molecule has 0 fully saturated rings. The first kappa shape index (κ1) is 11.2. The van der Waals surface area contributed by atoms with E-state index >= 15 is 0 Å². The highest BCUT2D eigenvalue weighted by atomic mass is 32.1. The van der Waals surface area contributed by atoms with Crippen molar-refractivity contribution >= 4 is 16.7 Å². The smallest absolute Gasteiger partial charge is 0.357 e. The first-order chi connectivity index (χ1) is 6.37. The van der Waals surface area contributed by atoms with Crippen LogP contribution in [0.25, 0.3) is 0 Å². The fourth-order valence-corrected chi connectivity index (χ4v) is 1.65. The molecule has 3 nitrogen and oxygen atoms in total. The van der Waals surface area contributed by atoms with E-state index < -0.39 is 18.6 Å². The number of aromatic nitrogens is 2. The maximum absolute atomic E-state index is 11.9. The minimum absolute atomic E-state index is 0.430. The Labute approximate surface area is 83.5 Å². The first-order valence-corrected chi connectivity index (χ1v) is 4.78. The molecule has 0 spiro atoms. The molecule has 0 bridgehead atoms. The van der Waals surface area contributed by atoms with Gasteiger partial charge in [0.1, 0.15) is 5.82 Å². The Balaban J connectivity index is 2.45. The number of aryl methyl sites for hydroxylation is 1. The van der Waals surface area contributed by atoms with Crippen molar-refractivity contribution in [1.82, 2.24) is 9.36 Å². The number of halogens is 3. The third-order valence-corrected chi connectivity index (χ3v) is 2.17. The number of nitrogens with zero attached hydrogens (tertiary/aromatic N) is 2. The topological polar surface area (TPSA) is 37.8 Å². The van der Waals surface area contributed by atoms with Gasteiger partial charge in [0.2, 0.25) is 5.13 Å². The lowest BCUT2D eigenvalue weighted by atomic mass is 10.2. The Morgan fingerprint density at radius 2 is 2.14 bits per heavy atom. The fourth-order valence-electron chi connectivity index (χ4n) is 0.965. The van der Waals surface area contributed by atoms with E-state index in [9.17, 15) is 13.2 Å². The second kappa shape index (κ2) is 4.12. The van der Waals surface area contributed by atoms with Crippen molar-refractivity contribution < 1.29 is 13.2 Å². The van der Waals surface area contributed by atoms with Crippen molar-refractivity contribution in [3.8, 4) is 0 Å². The van der Waals surface area contributed by atoms with Crippen LogP contribution in [0.4, 0.5) is 18.3 Å². The SMILES string of the molecule is Cc1nsc(NC(C)CC(F)(F)F)n1. The quantitative estimate of drug-likeness (QED) is 0.859. The van der Waals surface area contributed by atoms with Crippen LogP contribution in [-0.2, 0) is 0 Å². The van der Waals surface area contributed by atoms with E-state index in [0.29, 0.717) is 11.0 Å². The van der Waals surface area contributed by atoms with Crippen LogP contribution in [0.15, 0.2) is 0 Å². The van der Waals surface area contributed by atoms with Gasteiger partial charge >= 0.3 is 6.18 Å². The summed E-state index contributed by atoms with van der Waals surface area (Å²) in [4.78, 5) is 3.91. The maximum Gasteiger partial charge on any atom is 0.391 e. The zero-order chi connectivity index (χ0) is 10.8. The van der Waals surface area contributed by atoms with Gasteiger partial charge in [-0.3, -0.25) is 0 Å². The summed E-state index contributed by atoms with van der Waals surface area (Å²) in [6.45, 7) is 3.15. The third-order valence-electron chi connectivity index (χ3n) is 1.44. The molecule has 1 heterocycles. The molecule has 0 aliphatic carbocycles. The summed E-state index contributed by atoms with van der Waals surface area (Å²) in [7, 11) is 0. The number of hydrogen-bond donors (Lipinski definition) is 1. The monoisotopic (exact) mass is 225 g/mol. The number of nitrogens with one attached hydrogen (secondary N) is 1. The van der Waals surface area contributed by atoms with Gasteiger partial charge in [0, 0.05) is 17.6 Å². The van der Waals surface area contributed by atoms with Gasteiger partial charge in [-0.25, -0.2) is 4.98 Å². The van der Waals surface area contributed by atoms with Crippen LogP contribution in [0.5, 0.6) is 0 Å². The Kier molecular flexibility index (Phi) is 3.30.